The number of fused-ring (bicyclic) bond motifs is 14. The van der Waals surface area contributed by atoms with Crippen LogP contribution in [-0.2, 0) is 0 Å². The van der Waals surface area contributed by atoms with Gasteiger partial charge in [0.1, 0.15) is 28.9 Å². The molecule has 0 unspecified atom stereocenters. The normalized spacial score (nSPS) is 12.0. The van der Waals surface area contributed by atoms with Crippen molar-refractivity contribution in [2.75, 3.05) is 0 Å². The predicted molar refractivity (Wildman–Crippen MR) is 199 cm³/mol. The summed E-state index contributed by atoms with van der Waals surface area (Å²) in [6, 6.07) is 49.6. The van der Waals surface area contributed by atoms with Crippen LogP contribution in [0, 0.1) is 22.7 Å². The number of furan rings is 2. The van der Waals surface area contributed by atoms with Crippen LogP contribution in [0.4, 0.5) is 0 Å². The van der Waals surface area contributed by atoms with Gasteiger partial charge in [-0.3, -0.25) is 0 Å². The number of nitrogens with zero attached hydrogens (tertiary/aromatic N) is 4. The zero-order chi connectivity index (χ0) is 33.1. The molecular formula is C44H22N4O2. The molecule has 0 aliphatic rings. The molecule has 0 bridgehead atoms. The molecule has 0 spiro atoms. The van der Waals surface area contributed by atoms with Crippen molar-refractivity contribution in [1.29, 1.82) is 10.5 Å². The molecular weight excluding hydrogens is 617 g/mol. The molecule has 0 fully saturated rings. The van der Waals surface area contributed by atoms with E-state index in [9.17, 15) is 10.5 Å². The maximum absolute atomic E-state index is 11.2. The number of rotatable bonds is 2. The summed E-state index contributed by atoms with van der Waals surface area (Å²) in [7, 11) is 0. The third-order valence-corrected chi connectivity index (χ3v) is 10.2. The van der Waals surface area contributed by atoms with E-state index in [1.807, 2.05) is 78.9 Å². The zero-order valence-corrected chi connectivity index (χ0v) is 26.3. The minimum Gasteiger partial charge on any atom is -0.454 e. The average molecular weight is 639 g/mol. The topological polar surface area (TPSA) is 83.7 Å². The number of benzene rings is 7. The number of aromatic nitrogens is 2. The maximum atomic E-state index is 11.2. The van der Waals surface area contributed by atoms with Gasteiger partial charge in [0.25, 0.3) is 0 Å². The molecule has 11 aromatic rings. The average Bonchev–Trinajstić information content (AvgIpc) is 3.92. The molecule has 6 nitrogen and oxygen atoms in total. The van der Waals surface area contributed by atoms with Crippen molar-refractivity contribution in [1.82, 2.24) is 9.13 Å². The Hall–Kier alpha value is -7.28. The third kappa shape index (κ3) is 3.29. The lowest BCUT2D eigenvalue weighted by atomic mass is 10.0. The standard InChI is InChI=1S/C44H22N4O2/c45-23-25-17-22-37(47-35-13-5-1-9-26(35)30-18-20-32-28-11-3-7-15-38(28)49-43(32)41(30)47)34(24-46)40(25)48-36-14-6-2-10-27(36)31-19-21-33-29-12-4-8-16-39(29)50-44(33)42(31)48/h1-22H. The van der Waals surface area contributed by atoms with Crippen molar-refractivity contribution >= 4 is 87.5 Å². The molecule has 0 saturated carbocycles. The lowest BCUT2D eigenvalue weighted by Gasteiger charge is -2.17. The summed E-state index contributed by atoms with van der Waals surface area (Å²) in [4.78, 5) is 0. The summed E-state index contributed by atoms with van der Waals surface area (Å²) >= 11 is 0. The molecule has 0 aliphatic heterocycles. The Morgan fingerprint density at radius 2 is 0.900 bits per heavy atom. The van der Waals surface area contributed by atoms with Gasteiger partial charge in [-0.05, 0) is 48.5 Å². The van der Waals surface area contributed by atoms with Crippen LogP contribution in [0.5, 0.6) is 0 Å². The van der Waals surface area contributed by atoms with Gasteiger partial charge in [-0.25, -0.2) is 0 Å². The zero-order valence-electron chi connectivity index (χ0n) is 26.3. The highest BCUT2D eigenvalue weighted by atomic mass is 16.3. The van der Waals surface area contributed by atoms with Gasteiger partial charge in [-0.15, -0.1) is 0 Å². The highest BCUT2D eigenvalue weighted by Crippen LogP contribution is 2.44. The number of para-hydroxylation sites is 4. The summed E-state index contributed by atoms with van der Waals surface area (Å²) in [5, 5.41) is 30.0. The van der Waals surface area contributed by atoms with Gasteiger partial charge < -0.3 is 18.0 Å². The highest BCUT2D eigenvalue weighted by molar-refractivity contribution is 6.23. The smallest absolute Gasteiger partial charge is 0.160 e. The first-order chi connectivity index (χ1) is 24.7. The van der Waals surface area contributed by atoms with Crippen LogP contribution in [0.1, 0.15) is 11.1 Å². The summed E-state index contributed by atoms with van der Waals surface area (Å²) in [5.74, 6) is 0. The van der Waals surface area contributed by atoms with Crippen molar-refractivity contribution in [2.24, 2.45) is 0 Å². The maximum Gasteiger partial charge on any atom is 0.160 e. The van der Waals surface area contributed by atoms with Gasteiger partial charge in [0.2, 0.25) is 0 Å². The van der Waals surface area contributed by atoms with E-state index in [1.165, 1.54) is 0 Å². The second kappa shape index (κ2) is 9.64. The van der Waals surface area contributed by atoms with E-state index in [0.29, 0.717) is 28.1 Å². The van der Waals surface area contributed by atoms with Crippen LogP contribution < -0.4 is 0 Å². The fourth-order valence-electron chi connectivity index (χ4n) is 8.14. The van der Waals surface area contributed by atoms with Crippen molar-refractivity contribution < 1.29 is 8.83 Å². The van der Waals surface area contributed by atoms with Crippen LogP contribution in [-0.4, -0.2) is 9.13 Å². The lowest BCUT2D eigenvalue weighted by Crippen LogP contribution is -2.06. The molecule has 0 radical (unpaired) electrons. The van der Waals surface area contributed by atoms with Crippen LogP contribution in [0.2, 0.25) is 0 Å². The Labute approximate surface area is 283 Å². The Balaban J connectivity index is 1.34. The van der Waals surface area contributed by atoms with Gasteiger partial charge in [0, 0.05) is 43.1 Å². The molecule has 7 aromatic carbocycles. The monoisotopic (exact) mass is 638 g/mol. The molecule has 0 atom stereocenters. The van der Waals surface area contributed by atoms with E-state index < -0.39 is 0 Å². The van der Waals surface area contributed by atoms with Crippen molar-refractivity contribution in [2.45, 2.75) is 0 Å². The lowest BCUT2D eigenvalue weighted by molar-refractivity contribution is 0.671. The van der Waals surface area contributed by atoms with Gasteiger partial charge in [0.15, 0.2) is 11.2 Å². The molecule has 4 aromatic heterocycles. The van der Waals surface area contributed by atoms with E-state index in [2.05, 4.69) is 75.9 Å². The molecule has 0 N–H and O–H groups in total. The fourth-order valence-corrected chi connectivity index (χ4v) is 8.14. The fraction of sp³-hybridized carbons (Fsp3) is 0. The molecule has 230 valence electrons. The summed E-state index contributed by atoms with van der Waals surface area (Å²) in [5.41, 5.74) is 8.45. The quantitative estimate of drug-likeness (QED) is 0.189. The largest absolute Gasteiger partial charge is 0.454 e. The first kappa shape index (κ1) is 26.8. The number of nitriles is 2. The first-order valence-electron chi connectivity index (χ1n) is 16.4. The SMILES string of the molecule is N#Cc1ccc(-n2c3ccccc3c3ccc4c5ccccc5oc4c32)c(C#N)c1-n1c2ccccc2c2ccc3c4ccccc4oc3c21. The third-order valence-electron chi connectivity index (χ3n) is 10.2. The van der Waals surface area contributed by atoms with Crippen molar-refractivity contribution in [3.05, 3.63) is 145 Å². The minimum absolute atomic E-state index is 0.371. The van der Waals surface area contributed by atoms with Gasteiger partial charge in [-0.1, -0.05) is 84.9 Å². The second-order valence-electron chi connectivity index (χ2n) is 12.7. The number of hydrogen-bond donors (Lipinski definition) is 0. The summed E-state index contributed by atoms with van der Waals surface area (Å²) in [6.45, 7) is 0. The van der Waals surface area contributed by atoms with E-state index in [0.717, 1.165) is 81.9 Å². The molecule has 0 saturated heterocycles. The minimum atomic E-state index is 0.371. The van der Waals surface area contributed by atoms with Crippen LogP contribution in [0.15, 0.2) is 142 Å². The van der Waals surface area contributed by atoms with Gasteiger partial charge in [0.05, 0.1) is 39.0 Å². The molecule has 11 rings (SSSR count). The van der Waals surface area contributed by atoms with Crippen molar-refractivity contribution in [3.63, 3.8) is 0 Å². The van der Waals surface area contributed by atoms with Crippen LogP contribution in [0.25, 0.3) is 98.9 Å². The molecule has 50 heavy (non-hydrogen) atoms. The van der Waals surface area contributed by atoms with Crippen molar-refractivity contribution in [3.8, 4) is 23.5 Å². The number of hydrogen-bond acceptors (Lipinski definition) is 4. The summed E-state index contributed by atoms with van der Waals surface area (Å²) < 4.78 is 17.4. The summed E-state index contributed by atoms with van der Waals surface area (Å²) in [6.07, 6.45) is 0. The van der Waals surface area contributed by atoms with E-state index in [-0.39, 0.29) is 0 Å². The van der Waals surface area contributed by atoms with Crippen LogP contribution in [0.3, 0.4) is 0 Å². The predicted octanol–water partition coefficient (Wildman–Crippen LogP) is 11.4. The van der Waals surface area contributed by atoms with Crippen LogP contribution >= 0.6 is 0 Å². The second-order valence-corrected chi connectivity index (χ2v) is 12.7. The Kier molecular flexibility index (Phi) is 5.16. The van der Waals surface area contributed by atoms with Gasteiger partial charge >= 0.3 is 0 Å². The molecule has 0 aliphatic carbocycles. The van der Waals surface area contributed by atoms with Gasteiger partial charge in [-0.2, -0.15) is 10.5 Å². The van der Waals surface area contributed by atoms with E-state index in [1.54, 1.807) is 0 Å². The first-order valence-corrected chi connectivity index (χ1v) is 16.4. The highest BCUT2D eigenvalue weighted by Gasteiger charge is 2.26. The molecule has 6 heteroatoms. The molecule has 4 heterocycles. The Morgan fingerprint density at radius 1 is 0.420 bits per heavy atom. The molecule has 0 amide bonds. The Bertz CT molecular complexity index is 3360. The van der Waals surface area contributed by atoms with E-state index in [4.69, 9.17) is 8.83 Å². The van der Waals surface area contributed by atoms with E-state index >= 15 is 0 Å². The Morgan fingerprint density at radius 3 is 1.46 bits per heavy atom.